The first-order valence-electron chi connectivity index (χ1n) is 4.27. The zero-order valence-corrected chi connectivity index (χ0v) is 8.23. The van der Waals surface area contributed by atoms with Gasteiger partial charge in [-0.15, -0.1) is 0 Å². The van der Waals surface area contributed by atoms with Crippen LogP contribution in [0.1, 0.15) is 27.2 Å². The number of carbonyl (C=O) groups excluding carboxylic acids is 1. The van der Waals surface area contributed by atoms with Gasteiger partial charge in [0.25, 0.3) is 5.92 Å². The van der Waals surface area contributed by atoms with Crippen LogP contribution in [0.4, 0.5) is 8.78 Å². The Morgan fingerprint density at radius 3 is 2.23 bits per heavy atom. The van der Waals surface area contributed by atoms with E-state index in [0.29, 0.717) is 0 Å². The van der Waals surface area contributed by atoms with Gasteiger partial charge in [0.05, 0.1) is 6.54 Å². The molecule has 80 valence electrons. The standard InChI is InChI=1S/C6H11F2NO2.C2H6/c1-2-5(11)9-3-6(7,8)4-10;1-2/h10H,2-4H2,1H3,(H,9,11);1-2H3. The fourth-order valence-corrected chi connectivity index (χ4v) is 0.409. The van der Waals surface area contributed by atoms with Gasteiger partial charge >= 0.3 is 0 Å². The first-order chi connectivity index (χ1) is 6.02. The van der Waals surface area contributed by atoms with Gasteiger partial charge in [-0.1, -0.05) is 20.8 Å². The van der Waals surface area contributed by atoms with Crippen molar-refractivity contribution < 1.29 is 18.7 Å². The number of amides is 1. The molecule has 0 aromatic carbocycles. The average molecular weight is 197 g/mol. The molecule has 0 aromatic heterocycles. The monoisotopic (exact) mass is 197 g/mol. The molecule has 0 bridgehead atoms. The molecule has 0 aromatic rings. The van der Waals surface area contributed by atoms with E-state index >= 15 is 0 Å². The zero-order valence-electron chi connectivity index (χ0n) is 8.23. The number of carbonyl (C=O) groups is 1. The summed E-state index contributed by atoms with van der Waals surface area (Å²) in [6, 6.07) is 0. The van der Waals surface area contributed by atoms with Crippen molar-refractivity contribution in [2.75, 3.05) is 13.2 Å². The molecule has 5 heteroatoms. The molecule has 1 amide bonds. The second kappa shape index (κ2) is 7.91. The van der Waals surface area contributed by atoms with E-state index in [-0.39, 0.29) is 6.42 Å². The number of aliphatic hydroxyl groups excluding tert-OH is 1. The van der Waals surface area contributed by atoms with Crippen LogP contribution in [0.15, 0.2) is 0 Å². The van der Waals surface area contributed by atoms with Crippen molar-refractivity contribution in [2.24, 2.45) is 0 Å². The maximum atomic E-state index is 12.2. The quantitative estimate of drug-likeness (QED) is 0.710. The number of halogens is 2. The molecular weight excluding hydrogens is 180 g/mol. The van der Waals surface area contributed by atoms with Gasteiger partial charge in [-0.25, -0.2) is 8.78 Å². The van der Waals surface area contributed by atoms with Crippen LogP contribution in [-0.4, -0.2) is 30.1 Å². The predicted octanol–water partition coefficient (Wildman–Crippen LogP) is 1.17. The minimum atomic E-state index is -3.20. The van der Waals surface area contributed by atoms with Crippen molar-refractivity contribution in [3.05, 3.63) is 0 Å². The molecule has 0 rings (SSSR count). The predicted molar refractivity (Wildman–Crippen MR) is 46.7 cm³/mol. The van der Waals surface area contributed by atoms with E-state index in [2.05, 4.69) is 0 Å². The number of hydrogen-bond acceptors (Lipinski definition) is 2. The van der Waals surface area contributed by atoms with Gasteiger partial charge in [0.15, 0.2) is 0 Å². The number of aliphatic hydroxyl groups is 1. The molecule has 0 aliphatic rings. The maximum absolute atomic E-state index is 12.2. The summed E-state index contributed by atoms with van der Waals surface area (Å²) < 4.78 is 24.4. The van der Waals surface area contributed by atoms with Crippen LogP contribution in [0.5, 0.6) is 0 Å². The molecule has 0 saturated carbocycles. The van der Waals surface area contributed by atoms with Crippen molar-refractivity contribution in [3.8, 4) is 0 Å². The van der Waals surface area contributed by atoms with Gasteiger partial charge in [0, 0.05) is 6.42 Å². The first-order valence-corrected chi connectivity index (χ1v) is 4.27. The van der Waals surface area contributed by atoms with Crippen molar-refractivity contribution in [1.82, 2.24) is 5.32 Å². The summed E-state index contributed by atoms with van der Waals surface area (Å²) >= 11 is 0. The van der Waals surface area contributed by atoms with E-state index in [1.165, 1.54) is 0 Å². The lowest BCUT2D eigenvalue weighted by Crippen LogP contribution is -2.38. The van der Waals surface area contributed by atoms with E-state index in [1.807, 2.05) is 19.2 Å². The third-order valence-corrected chi connectivity index (χ3v) is 1.10. The molecular formula is C8H17F2NO2. The Morgan fingerprint density at radius 1 is 1.46 bits per heavy atom. The summed E-state index contributed by atoms with van der Waals surface area (Å²) in [4.78, 5) is 10.4. The molecule has 0 unspecified atom stereocenters. The van der Waals surface area contributed by atoms with Gasteiger partial charge < -0.3 is 10.4 Å². The number of rotatable bonds is 4. The van der Waals surface area contributed by atoms with Gasteiger partial charge in [-0.05, 0) is 0 Å². The minimum Gasteiger partial charge on any atom is -0.390 e. The zero-order chi connectivity index (χ0) is 10.9. The lowest BCUT2D eigenvalue weighted by Gasteiger charge is -2.12. The molecule has 0 radical (unpaired) electrons. The molecule has 0 spiro atoms. The van der Waals surface area contributed by atoms with Crippen LogP contribution in [0.25, 0.3) is 0 Å². The highest BCUT2D eigenvalue weighted by Crippen LogP contribution is 2.09. The highest BCUT2D eigenvalue weighted by atomic mass is 19.3. The van der Waals surface area contributed by atoms with Crippen LogP contribution in [-0.2, 0) is 4.79 Å². The number of alkyl halides is 2. The van der Waals surface area contributed by atoms with E-state index < -0.39 is 25.0 Å². The normalized spacial score (nSPS) is 10.0. The maximum Gasteiger partial charge on any atom is 0.287 e. The fraction of sp³-hybridized carbons (Fsp3) is 0.875. The Labute approximate surface area is 77.1 Å². The first kappa shape index (κ1) is 14.8. The summed E-state index contributed by atoms with van der Waals surface area (Å²) in [5, 5.41) is 10.1. The molecule has 0 aliphatic heterocycles. The van der Waals surface area contributed by atoms with E-state index in [1.54, 1.807) is 6.92 Å². The highest BCUT2D eigenvalue weighted by Gasteiger charge is 2.27. The third-order valence-electron chi connectivity index (χ3n) is 1.10. The molecule has 0 fully saturated rings. The molecule has 0 atom stereocenters. The Hall–Kier alpha value is -0.710. The van der Waals surface area contributed by atoms with Crippen molar-refractivity contribution in [1.29, 1.82) is 0 Å². The number of hydrogen-bond donors (Lipinski definition) is 2. The van der Waals surface area contributed by atoms with Gasteiger partial charge in [0.2, 0.25) is 5.91 Å². The molecule has 0 saturated heterocycles. The smallest absolute Gasteiger partial charge is 0.287 e. The van der Waals surface area contributed by atoms with Gasteiger partial charge in [-0.2, -0.15) is 0 Å². The Morgan fingerprint density at radius 2 is 1.92 bits per heavy atom. The summed E-state index contributed by atoms with van der Waals surface area (Å²) in [5.74, 6) is -3.65. The van der Waals surface area contributed by atoms with Crippen LogP contribution in [0.3, 0.4) is 0 Å². The van der Waals surface area contributed by atoms with Crippen molar-refractivity contribution in [3.63, 3.8) is 0 Å². The summed E-state index contributed by atoms with van der Waals surface area (Å²) in [6.45, 7) is 3.53. The van der Waals surface area contributed by atoms with Gasteiger partial charge in [-0.3, -0.25) is 4.79 Å². The SMILES string of the molecule is CC.CCC(=O)NCC(F)(F)CO. The molecule has 3 nitrogen and oxygen atoms in total. The van der Waals surface area contributed by atoms with E-state index in [0.717, 1.165) is 0 Å². The third kappa shape index (κ3) is 9.20. The summed E-state index contributed by atoms with van der Waals surface area (Å²) in [7, 11) is 0. The lowest BCUT2D eigenvalue weighted by atomic mass is 10.3. The van der Waals surface area contributed by atoms with Gasteiger partial charge in [0.1, 0.15) is 6.61 Å². The summed E-state index contributed by atoms with van der Waals surface area (Å²) in [6.07, 6.45) is 0.168. The van der Waals surface area contributed by atoms with E-state index in [4.69, 9.17) is 5.11 Å². The topological polar surface area (TPSA) is 49.3 Å². The molecule has 0 aliphatic carbocycles. The van der Waals surface area contributed by atoms with Crippen LogP contribution in [0, 0.1) is 0 Å². The van der Waals surface area contributed by atoms with Crippen molar-refractivity contribution >= 4 is 5.91 Å². The lowest BCUT2D eigenvalue weighted by molar-refractivity contribution is -0.123. The highest BCUT2D eigenvalue weighted by molar-refractivity contribution is 5.75. The van der Waals surface area contributed by atoms with E-state index in [9.17, 15) is 13.6 Å². The van der Waals surface area contributed by atoms with Crippen LogP contribution >= 0.6 is 0 Å². The fourth-order valence-electron chi connectivity index (χ4n) is 0.409. The second-order valence-electron chi connectivity index (χ2n) is 2.14. The van der Waals surface area contributed by atoms with Crippen molar-refractivity contribution in [2.45, 2.75) is 33.1 Å². The Balaban J connectivity index is 0. The number of nitrogens with one attached hydrogen (secondary N) is 1. The Kier molecular flexibility index (Phi) is 9.01. The average Bonchev–Trinajstić information content (AvgIpc) is 2.17. The largest absolute Gasteiger partial charge is 0.390 e. The molecule has 2 N–H and O–H groups in total. The second-order valence-corrected chi connectivity index (χ2v) is 2.14. The summed E-state index contributed by atoms with van der Waals surface area (Å²) in [5.41, 5.74) is 0. The molecule has 0 heterocycles. The van der Waals surface area contributed by atoms with Crippen LogP contribution in [0.2, 0.25) is 0 Å². The minimum absolute atomic E-state index is 0.168. The molecule has 13 heavy (non-hydrogen) atoms. The van der Waals surface area contributed by atoms with Crippen LogP contribution < -0.4 is 5.32 Å². The Bertz CT molecular complexity index is 140.